The fraction of sp³-hybridized carbons (Fsp3) is 0.143. The summed E-state index contributed by atoms with van der Waals surface area (Å²) in [6.45, 7) is 0. The summed E-state index contributed by atoms with van der Waals surface area (Å²) in [6, 6.07) is 13.1. The SMILES string of the molecule is COc1cc(Nc2ccn3ncc(-c4ccccc4Cl)c3n2)cc(OC)c1OC. The number of fused-ring (bicyclic) bond motifs is 1. The second-order valence-electron chi connectivity index (χ2n) is 6.16. The Morgan fingerprint density at radius 2 is 1.66 bits per heavy atom. The maximum absolute atomic E-state index is 6.36. The third kappa shape index (κ3) is 3.52. The zero-order valence-electron chi connectivity index (χ0n) is 16.1. The van der Waals surface area contributed by atoms with Crippen molar-refractivity contribution in [1.82, 2.24) is 14.6 Å². The van der Waals surface area contributed by atoms with E-state index in [1.807, 2.05) is 48.7 Å². The van der Waals surface area contributed by atoms with Crippen LogP contribution in [0, 0.1) is 0 Å². The van der Waals surface area contributed by atoms with Gasteiger partial charge in [-0.05, 0) is 12.1 Å². The summed E-state index contributed by atoms with van der Waals surface area (Å²) in [4.78, 5) is 4.72. The molecule has 0 saturated heterocycles. The van der Waals surface area contributed by atoms with Crippen molar-refractivity contribution >= 4 is 28.8 Å². The van der Waals surface area contributed by atoms with Crippen molar-refractivity contribution in [1.29, 1.82) is 0 Å². The number of nitrogens with one attached hydrogen (secondary N) is 1. The highest BCUT2D eigenvalue weighted by atomic mass is 35.5. The number of rotatable bonds is 6. The molecule has 0 amide bonds. The number of benzene rings is 2. The predicted octanol–water partition coefficient (Wildman–Crippen LogP) is 4.82. The summed E-state index contributed by atoms with van der Waals surface area (Å²) in [5.41, 5.74) is 3.16. The van der Waals surface area contributed by atoms with E-state index in [4.69, 9.17) is 30.8 Å². The third-order valence-corrected chi connectivity index (χ3v) is 4.80. The van der Waals surface area contributed by atoms with Gasteiger partial charge in [-0.25, -0.2) is 9.50 Å². The summed E-state index contributed by atoms with van der Waals surface area (Å²) in [5, 5.41) is 8.30. The number of anilines is 2. The van der Waals surface area contributed by atoms with Gasteiger partial charge in [0.2, 0.25) is 5.75 Å². The van der Waals surface area contributed by atoms with Crippen molar-refractivity contribution in [3.05, 3.63) is 59.9 Å². The van der Waals surface area contributed by atoms with Crippen LogP contribution in [0.5, 0.6) is 17.2 Å². The molecule has 29 heavy (non-hydrogen) atoms. The Bertz CT molecular complexity index is 1150. The van der Waals surface area contributed by atoms with Gasteiger partial charge in [0.15, 0.2) is 17.1 Å². The van der Waals surface area contributed by atoms with Crippen LogP contribution in [-0.2, 0) is 0 Å². The zero-order valence-corrected chi connectivity index (χ0v) is 16.9. The maximum atomic E-state index is 6.36. The van der Waals surface area contributed by atoms with Gasteiger partial charge in [0.25, 0.3) is 0 Å². The highest BCUT2D eigenvalue weighted by molar-refractivity contribution is 6.33. The van der Waals surface area contributed by atoms with Crippen molar-refractivity contribution in [2.75, 3.05) is 26.6 Å². The first-order valence-corrected chi connectivity index (χ1v) is 9.18. The van der Waals surface area contributed by atoms with Gasteiger partial charge in [0.1, 0.15) is 5.82 Å². The smallest absolute Gasteiger partial charge is 0.203 e. The molecule has 0 spiro atoms. The number of methoxy groups -OCH3 is 3. The molecule has 0 aliphatic rings. The standard InChI is InChI=1S/C21H19ClN4O3/c1-27-17-10-13(11-18(28-2)20(17)29-3)24-19-8-9-26-21(25-19)15(12-23-26)14-6-4-5-7-16(14)22/h4-12H,1-3H3,(H,24,25). The van der Waals surface area contributed by atoms with Gasteiger partial charge in [-0.1, -0.05) is 29.8 Å². The molecule has 0 radical (unpaired) electrons. The van der Waals surface area contributed by atoms with Gasteiger partial charge in [-0.15, -0.1) is 0 Å². The Balaban J connectivity index is 1.74. The molecule has 7 nitrogen and oxygen atoms in total. The van der Waals surface area contributed by atoms with Gasteiger partial charge >= 0.3 is 0 Å². The third-order valence-electron chi connectivity index (χ3n) is 4.47. The molecule has 0 saturated carbocycles. The van der Waals surface area contributed by atoms with E-state index in [1.54, 1.807) is 32.0 Å². The van der Waals surface area contributed by atoms with Crippen LogP contribution in [0.25, 0.3) is 16.8 Å². The van der Waals surface area contributed by atoms with Crippen LogP contribution in [0.4, 0.5) is 11.5 Å². The van der Waals surface area contributed by atoms with Crippen molar-refractivity contribution in [3.8, 4) is 28.4 Å². The van der Waals surface area contributed by atoms with Crippen LogP contribution in [0.1, 0.15) is 0 Å². The quantitative estimate of drug-likeness (QED) is 0.491. The predicted molar refractivity (Wildman–Crippen MR) is 113 cm³/mol. The van der Waals surface area contributed by atoms with Crippen LogP contribution in [-0.4, -0.2) is 35.9 Å². The molecule has 0 unspecified atom stereocenters. The van der Waals surface area contributed by atoms with E-state index in [0.29, 0.717) is 33.7 Å². The molecule has 2 aromatic heterocycles. The molecule has 0 atom stereocenters. The summed E-state index contributed by atoms with van der Waals surface area (Å²) >= 11 is 6.36. The van der Waals surface area contributed by atoms with E-state index >= 15 is 0 Å². The first-order chi connectivity index (χ1) is 14.1. The Kier molecular flexibility index (Phi) is 5.14. The molecule has 0 aliphatic carbocycles. The minimum Gasteiger partial charge on any atom is -0.493 e. The fourth-order valence-electron chi connectivity index (χ4n) is 3.11. The molecule has 4 rings (SSSR count). The van der Waals surface area contributed by atoms with E-state index in [2.05, 4.69) is 10.4 Å². The van der Waals surface area contributed by atoms with Gasteiger partial charge in [-0.2, -0.15) is 5.10 Å². The number of halogens is 1. The minimum absolute atomic E-state index is 0.528. The Morgan fingerprint density at radius 3 is 2.31 bits per heavy atom. The second kappa shape index (κ2) is 7.89. The highest BCUT2D eigenvalue weighted by Crippen LogP contribution is 2.40. The summed E-state index contributed by atoms with van der Waals surface area (Å²) in [7, 11) is 4.72. The molecule has 0 aliphatic heterocycles. The zero-order chi connectivity index (χ0) is 20.4. The van der Waals surface area contributed by atoms with Crippen molar-refractivity contribution in [2.24, 2.45) is 0 Å². The van der Waals surface area contributed by atoms with Gasteiger partial charge in [0, 0.05) is 40.2 Å². The Hall–Kier alpha value is -3.45. The lowest BCUT2D eigenvalue weighted by atomic mass is 10.1. The lowest BCUT2D eigenvalue weighted by molar-refractivity contribution is 0.324. The lowest BCUT2D eigenvalue weighted by Gasteiger charge is -2.15. The van der Waals surface area contributed by atoms with Crippen LogP contribution in [0.15, 0.2) is 54.9 Å². The summed E-state index contributed by atoms with van der Waals surface area (Å²) < 4.78 is 17.9. The molecule has 2 heterocycles. The molecule has 2 aromatic carbocycles. The average Bonchev–Trinajstić information content (AvgIpc) is 3.16. The normalized spacial score (nSPS) is 10.8. The highest BCUT2D eigenvalue weighted by Gasteiger charge is 2.15. The molecule has 4 aromatic rings. The van der Waals surface area contributed by atoms with E-state index in [0.717, 1.165) is 16.8 Å². The second-order valence-corrected chi connectivity index (χ2v) is 6.57. The minimum atomic E-state index is 0.528. The molecule has 0 bridgehead atoms. The average molecular weight is 411 g/mol. The van der Waals surface area contributed by atoms with E-state index in [9.17, 15) is 0 Å². The van der Waals surface area contributed by atoms with E-state index in [1.165, 1.54) is 0 Å². The van der Waals surface area contributed by atoms with E-state index < -0.39 is 0 Å². The van der Waals surface area contributed by atoms with Gasteiger partial charge in [0.05, 0.1) is 27.5 Å². The number of ether oxygens (including phenoxy) is 3. The molecule has 148 valence electrons. The number of aromatic nitrogens is 3. The number of nitrogens with zero attached hydrogens (tertiary/aromatic N) is 3. The first-order valence-electron chi connectivity index (χ1n) is 8.81. The molecule has 8 heteroatoms. The monoisotopic (exact) mass is 410 g/mol. The Morgan fingerprint density at radius 1 is 0.931 bits per heavy atom. The molecular weight excluding hydrogens is 392 g/mol. The summed E-state index contributed by atoms with van der Waals surface area (Å²) in [5.74, 6) is 2.27. The van der Waals surface area contributed by atoms with Crippen molar-refractivity contribution < 1.29 is 14.2 Å². The molecule has 0 fully saturated rings. The van der Waals surface area contributed by atoms with Crippen molar-refractivity contribution in [2.45, 2.75) is 0 Å². The fourth-order valence-corrected chi connectivity index (χ4v) is 3.35. The van der Waals surface area contributed by atoms with Crippen molar-refractivity contribution in [3.63, 3.8) is 0 Å². The maximum Gasteiger partial charge on any atom is 0.203 e. The topological polar surface area (TPSA) is 69.9 Å². The summed E-state index contributed by atoms with van der Waals surface area (Å²) in [6.07, 6.45) is 3.59. The van der Waals surface area contributed by atoms with Crippen LogP contribution >= 0.6 is 11.6 Å². The van der Waals surface area contributed by atoms with Crippen LogP contribution in [0.3, 0.4) is 0 Å². The van der Waals surface area contributed by atoms with Crippen LogP contribution < -0.4 is 19.5 Å². The van der Waals surface area contributed by atoms with Gasteiger partial charge < -0.3 is 19.5 Å². The number of hydrogen-bond acceptors (Lipinski definition) is 6. The molecule has 1 N–H and O–H groups in total. The van der Waals surface area contributed by atoms with Crippen LogP contribution in [0.2, 0.25) is 5.02 Å². The lowest BCUT2D eigenvalue weighted by Crippen LogP contribution is -2.00. The largest absolute Gasteiger partial charge is 0.493 e. The molecular formula is C21H19ClN4O3. The number of hydrogen-bond donors (Lipinski definition) is 1. The Labute approximate surface area is 172 Å². The first kappa shape index (κ1) is 18.9. The van der Waals surface area contributed by atoms with E-state index in [-0.39, 0.29) is 0 Å². The van der Waals surface area contributed by atoms with Gasteiger partial charge in [-0.3, -0.25) is 0 Å².